The van der Waals surface area contributed by atoms with E-state index in [-0.39, 0.29) is 11.3 Å². The molecule has 3 nitrogen and oxygen atoms in total. The Kier molecular flexibility index (Phi) is 4.41. The number of hydrogen-bond acceptors (Lipinski definition) is 3. The van der Waals surface area contributed by atoms with Crippen molar-refractivity contribution in [1.29, 1.82) is 0 Å². The van der Waals surface area contributed by atoms with Gasteiger partial charge in [0.25, 0.3) is 0 Å². The van der Waals surface area contributed by atoms with Gasteiger partial charge in [-0.05, 0) is 42.5 Å². The minimum Gasteiger partial charge on any atom is -0.495 e. The number of halogens is 1. The first-order valence-electron chi connectivity index (χ1n) is 7.35. The maximum atomic E-state index is 12.9. The van der Waals surface area contributed by atoms with E-state index in [2.05, 4.69) is 11.4 Å². The van der Waals surface area contributed by atoms with Crippen LogP contribution in [0.4, 0.5) is 5.69 Å². The van der Waals surface area contributed by atoms with E-state index >= 15 is 0 Å². The van der Waals surface area contributed by atoms with Crippen LogP contribution in [0.25, 0.3) is 0 Å². The summed E-state index contributed by atoms with van der Waals surface area (Å²) < 4.78 is 5.14. The molecular formula is C17H18ClNO2S. The summed E-state index contributed by atoms with van der Waals surface area (Å²) in [5, 5.41) is 5.56. The summed E-state index contributed by atoms with van der Waals surface area (Å²) in [6.45, 7) is 0. The van der Waals surface area contributed by atoms with E-state index < -0.39 is 0 Å². The molecule has 3 rings (SSSR count). The van der Waals surface area contributed by atoms with Gasteiger partial charge in [0, 0.05) is 10.6 Å². The van der Waals surface area contributed by atoms with Gasteiger partial charge < -0.3 is 10.1 Å². The van der Waals surface area contributed by atoms with E-state index in [1.165, 1.54) is 0 Å². The number of benzene rings is 1. The van der Waals surface area contributed by atoms with E-state index in [9.17, 15) is 4.79 Å². The normalized spacial score (nSPS) is 16.5. The summed E-state index contributed by atoms with van der Waals surface area (Å²) in [5.41, 5.74) is 0.319. The molecule has 116 valence electrons. The first-order valence-corrected chi connectivity index (χ1v) is 8.60. The number of anilines is 1. The molecule has 1 saturated carbocycles. The zero-order valence-electron chi connectivity index (χ0n) is 12.4. The second-order valence-electron chi connectivity index (χ2n) is 5.57. The lowest BCUT2D eigenvalue weighted by molar-refractivity contribution is -0.121. The molecule has 1 aromatic heterocycles. The van der Waals surface area contributed by atoms with Gasteiger partial charge in [-0.3, -0.25) is 4.79 Å². The molecule has 1 aliphatic rings. The molecule has 1 N–H and O–H groups in total. The Morgan fingerprint density at radius 2 is 2.09 bits per heavy atom. The molecule has 1 fully saturated rings. The number of thiophene rings is 1. The third-order valence-corrected chi connectivity index (χ3v) is 5.66. The summed E-state index contributed by atoms with van der Waals surface area (Å²) in [4.78, 5) is 14.1. The minimum atomic E-state index is -0.388. The van der Waals surface area contributed by atoms with Crippen LogP contribution in [-0.2, 0) is 10.2 Å². The van der Waals surface area contributed by atoms with Crippen LogP contribution in [0, 0.1) is 0 Å². The molecule has 2 aromatic rings. The van der Waals surface area contributed by atoms with Crippen LogP contribution >= 0.6 is 22.9 Å². The van der Waals surface area contributed by atoms with Crippen molar-refractivity contribution in [2.45, 2.75) is 31.1 Å². The Morgan fingerprint density at radius 3 is 2.68 bits per heavy atom. The maximum absolute atomic E-state index is 12.9. The van der Waals surface area contributed by atoms with Gasteiger partial charge in [0.15, 0.2) is 0 Å². The van der Waals surface area contributed by atoms with Gasteiger partial charge in [-0.2, -0.15) is 0 Å². The van der Waals surface area contributed by atoms with Crippen LogP contribution in [0.3, 0.4) is 0 Å². The monoisotopic (exact) mass is 335 g/mol. The second-order valence-corrected chi connectivity index (χ2v) is 6.92. The predicted octanol–water partition coefficient (Wildman–Crippen LogP) is 4.86. The third-order valence-electron chi connectivity index (χ3n) is 4.29. The van der Waals surface area contributed by atoms with E-state index in [1.54, 1.807) is 30.6 Å². The van der Waals surface area contributed by atoms with E-state index in [0.717, 1.165) is 30.6 Å². The van der Waals surface area contributed by atoms with Crippen molar-refractivity contribution in [2.75, 3.05) is 12.4 Å². The number of nitrogens with one attached hydrogen (secondary N) is 1. The number of hydrogen-bond donors (Lipinski definition) is 1. The fraction of sp³-hybridized carbons (Fsp3) is 0.353. The number of ether oxygens (including phenoxy) is 1. The van der Waals surface area contributed by atoms with Crippen molar-refractivity contribution in [3.8, 4) is 5.75 Å². The molecular weight excluding hydrogens is 318 g/mol. The molecule has 0 radical (unpaired) electrons. The highest BCUT2D eigenvalue weighted by atomic mass is 35.5. The standard InChI is InChI=1S/C17H18ClNO2S/c1-21-14-7-6-12(11-13(14)18)19-16(20)17(8-2-3-9-17)15-5-4-10-22-15/h4-7,10-11H,2-3,8-9H2,1H3,(H,19,20). The molecule has 5 heteroatoms. The summed E-state index contributed by atoms with van der Waals surface area (Å²) in [6, 6.07) is 9.40. The van der Waals surface area contributed by atoms with Crippen molar-refractivity contribution in [3.63, 3.8) is 0 Å². The molecule has 0 unspecified atom stereocenters. The van der Waals surface area contributed by atoms with Crippen molar-refractivity contribution in [3.05, 3.63) is 45.6 Å². The summed E-state index contributed by atoms with van der Waals surface area (Å²) in [5.74, 6) is 0.669. The topological polar surface area (TPSA) is 38.3 Å². The number of carbonyl (C=O) groups excluding carboxylic acids is 1. The first-order chi connectivity index (χ1) is 10.7. The molecule has 0 atom stereocenters. The number of rotatable bonds is 4. The summed E-state index contributed by atoms with van der Waals surface area (Å²) in [6.07, 6.45) is 4.00. The van der Waals surface area contributed by atoms with Gasteiger partial charge >= 0.3 is 0 Å². The average Bonchev–Trinajstić information content (AvgIpc) is 3.19. The van der Waals surface area contributed by atoms with Gasteiger partial charge in [-0.15, -0.1) is 11.3 Å². The van der Waals surface area contributed by atoms with Crippen LogP contribution in [0.1, 0.15) is 30.6 Å². The SMILES string of the molecule is COc1ccc(NC(=O)C2(c3cccs3)CCCC2)cc1Cl. The molecule has 1 heterocycles. The van der Waals surface area contributed by atoms with E-state index in [0.29, 0.717) is 16.5 Å². The first kappa shape index (κ1) is 15.4. The van der Waals surface area contributed by atoms with E-state index in [4.69, 9.17) is 16.3 Å². The van der Waals surface area contributed by atoms with Crippen LogP contribution in [0.15, 0.2) is 35.7 Å². The summed E-state index contributed by atoms with van der Waals surface area (Å²) >= 11 is 7.79. The van der Waals surface area contributed by atoms with Crippen LogP contribution in [0.2, 0.25) is 5.02 Å². The van der Waals surface area contributed by atoms with Crippen LogP contribution in [-0.4, -0.2) is 13.0 Å². The smallest absolute Gasteiger partial charge is 0.235 e. The van der Waals surface area contributed by atoms with Crippen molar-refractivity contribution in [2.24, 2.45) is 0 Å². The number of carbonyl (C=O) groups is 1. The molecule has 1 aromatic carbocycles. The highest BCUT2D eigenvalue weighted by Crippen LogP contribution is 2.44. The van der Waals surface area contributed by atoms with Crippen molar-refractivity contribution in [1.82, 2.24) is 0 Å². The van der Waals surface area contributed by atoms with Crippen LogP contribution < -0.4 is 10.1 Å². The molecule has 0 bridgehead atoms. The van der Waals surface area contributed by atoms with Gasteiger partial charge in [-0.1, -0.05) is 30.5 Å². The zero-order valence-corrected chi connectivity index (χ0v) is 14.0. The lowest BCUT2D eigenvalue weighted by Gasteiger charge is -2.26. The van der Waals surface area contributed by atoms with Gasteiger partial charge in [0.2, 0.25) is 5.91 Å². The Labute approximate surface area is 139 Å². The van der Waals surface area contributed by atoms with Crippen molar-refractivity contribution < 1.29 is 9.53 Å². The van der Waals surface area contributed by atoms with Gasteiger partial charge in [-0.25, -0.2) is 0 Å². The fourth-order valence-electron chi connectivity index (χ4n) is 3.11. The Bertz CT molecular complexity index is 663. The lowest BCUT2D eigenvalue weighted by atomic mass is 9.83. The zero-order chi connectivity index (χ0) is 15.6. The molecule has 1 amide bonds. The van der Waals surface area contributed by atoms with Gasteiger partial charge in [0.05, 0.1) is 17.5 Å². The molecule has 0 aliphatic heterocycles. The third kappa shape index (κ3) is 2.73. The molecule has 1 aliphatic carbocycles. The Balaban J connectivity index is 1.85. The minimum absolute atomic E-state index is 0.0636. The van der Waals surface area contributed by atoms with E-state index in [1.807, 2.05) is 17.5 Å². The highest BCUT2D eigenvalue weighted by Gasteiger charge is 2.43. The van der Waals surface area contributed by atoms with Gasteiger partial charge in [0.1, 0.15) is 5.75 Å². The quantitative estimate of drug-likeness (QED) is 0.866. The fourth-order valence-corrected chi connectivity index (χ4v) is 4.35. The Morgan fingerprint density at radius 1 is 1.32 bits per heavy atom. The number of amides is 1. The average molecular weight is 336 g/mol. The van der Waals surface area contributed by atoms with Crippen LogP contribution in [0.5, 0.6) is 5.75 Å². The maximum Gasteiger partial charge on any atom is 0.235 e. The summed E-state index contributed by atoms with van der Waals surface area (Å²) in [7, 11) is 1.57. The largest absolute Gasteiger partial charge is 0.495 e. The second kappa shape index (κ2) is 6.31. The molecule has 0 spiro atoms. The predicted molar refractivity (Wildman–Crippen MR) is 91.1 cm³/mol. The molecule has 0 saturated heterocycles. The molecule has 22 heavy (non-hydrogen) atoms. The van der Waals surface area contributed by atoms with Crippen molar-refractivity contribution >= 4 is 34.5 Å². The highest BCUT2D eigenvalue weighted by molar-refractivity contribution is 7.10. The Hall–Kier alpha value is -1.52. The lowest BCUT2D eigenvalue weighted by Crippen LogP contribution is -2.37. The number of methoxy groups -OCH3 is 1.